The number of nitrogens with zero attached hydrogens (tertiary/aromatic N) is 4. The first-order valence-corrected chi connectivity index (χ1v) is 8.36. The minimum Gasteiger partial charge on any atom is -0.390 e. The molecule has 0 aromatic carbocycles. The van der Waals surface area contributed by atoms with Crippen LogP contribution in [-0.4, -0.2) is 90.2 Å². The van der Waals surface area contributed by atoms with Gasteiger partial charge in [0.25, 0.3) is 0 Å². The van der Waals surface area contributed by atoms with Crippen LogP contribution in [0.15, 0.2) is 18.5 Å². The lowest BCUT2D eigenvalue weighted by Gasteiger charge is -2.34. The molecule has 0 radical (unpaired) electrons. The molecule has 6 nitrogen and oxygen atoms in total. The first-order chi connectivity index (χ1) is 11.4. The molecule has 1 aliphatic heterocycles. The highest BCUT2D eigenvalue weighted by molar-refractivity contribution is 5.76. The quantitative estimate of drug-likeness (QED) is 0.771. The van der Waals surface area contributed by atoms with Crippen molar-refractivity contribution >= 4 is 5.91 Å². The largest absolute Gasteiger partial charge is 0.390 e. The van der Waals surface area contributed by atoms with Gasteiger partial charge in [-0.25, -0.2) is 4.39 Å². The van der Waals surface area contributed by atoms with E-state index in [1.54, 1.807) is 18.1 Å². The first-order valence-electron chi connectivity index (χ1n) is 8.36. The Bertz CT molecular complexity index is 535. The van der Waals surface area contributed by atoms with Crippen molar-refractivity contribution in [3.8, 4) is 0 Å². The van der Waals surface area contributed by atoms with Crippen LogP contribution >= 0.6 is 0 Å². The number of aryl methyl sites for hydroxylation is 1. The Labute approximate surface area is 142 Å². The summed E-state index contributed by atoms with van der Waals surface area (Å²) < 4.78 is 13.1. The fourth-order valence-corrected chi connectivity index (χ4v) is 2.84. The monoisotopic (exact) mass is 338 g/mol. The van der Waals surface area contributed by atoms with Crippen LogP contribution in [0.2, 0.25) is 0 Å². The van der Waals surface area contributed by atoms with Gasteiger partial charge < -0.3 is 14.9 Å². The lowest BCUT2D eigenvalue weighted by atomic mass is 10.1. The summed E-state index contributed by atoms with van der Waals surface area (Å²) in [4.78, 5) is 22.0. The van der Waals surface area contributed by atoms with Crippen molar-refractivity contribution in [2.24, 2.45) is 0 Å². The number of hydrogen-bond donors (Lipinski definition) is 1. The SMILES string of the molecule is CN1CCN(CC(O)CN(C)C(=O)CCc2cncc(F)c2)CC1. The minimum atomic E-state index is -0.557. The van der Waals surface area contributed by atoms with Crippen LogP contribution in [0.3, 0.4) is 0 Å². The summed E-state index contributed by atoms with van der Waals surface area (Å²) in [6.45, 7) is 4.79. The summed E-state index contributed by atoms with van der Waals surface area (Å²) in [6, 6.07) is 1.39. The Hall–Kier alpha value is -1.57. The molecule has 1 saturated heterocycles. The van der Waals surface area contributed by atoms with Gasteiger partial charge in [0.05, 0.1) is 12.3 Å². The van der Waals surface area contributed by atoms with E-state index in [-0.39, 0.29) is 12.3 Å². The number of amides is 1. The molecule has 1 aromatic heterocycles. The lowest BCUT2D eigenvalue weighted by Crippen LogP contribution is -2.49. The second-order valence-corrected chi connectivity index (χ2v) is 6.54. The molecule has 1 atom stereocenters. The molecule has 0 spiro atoms. The third kappa shape index (κ3) is 6.14. The Morgan fingerprint density at radius 3 is 2.75 bits per heavy atom. The predicted molar refractivity (Wildman–Crippen MR) is 90.1 cm³/mol. The molecule has 1 aliphatic rings. The fourth-order valence-electron chi connectivity index (χ4n) is 2.84. The Kier molecular flexibility index (Phi) is 7.08. The lowest BCUT2D eigenvalue weighted by molar-refractivity contribution is -0.131. The maximum absolute atomic E-state index is 13.1. The van der Waals surface area contributed by atoms with Crippen LogP contribution < -0.4 is 0 Å². The summed E-state index contributed by atoms with van der Waals surface area (Å²) >= 11 is 0. The van der Waals surface area contributed by atoms with E-state index in [0.29, 0.717) is 25.1 Å². The second-order valence-electron chi connectivity index (χ2n) is 6.54. The van der Waals surface area contributed by atoms with Gasteiger partial charge in [-0.05, 0) is 25.1 Å². The minimum absolute atomic E-state index is 0.0586. The van der Waals surface area contributed by atoms with Crippen molar-refractivity contribution in [1.82, 2.24) is 19.7 Å². The highest BCUT2D eigenvalue weighted by Crippen LogP contribution is 2.06. The van der Waals surface area contributed by atoms with E-state index in [4.69, 9.17) is 0 Å². The normalized spacial score (nSPS) is 17.7. The van der Waals surface area contributed by atoms with Gasteiger partial charge >= 0.3 is 0 Å². The number of hydrogen-bond acceptors (Lipinski definition) is 5. The van der Waals surface area contributed by atoms with E-state index in [1.807, 2.05) is 0 Å². The van der Waals surface area contributed by atoms with Gasteiger partial charge in [-0.3, -0.25) is 14.7 Å². The molecule has 134 valence electrons. The van der Waals surface area contributed by atoms with Crippen LogP contribution in [0, 0.1) is 5.82 Å². The van der Waals surface area contributed by atoms with Crippen molar-refractivity contribution in [2.45, 2.75) is 18.9 Å². The number of aliphatic hydroxyl groups excluding tert-OH is 1. The van der Waals surface area contributed by atoms with Crippen LogP contribution in [-0.2, 0) is 11.2 Å². The maximum Gasteiger partial charge on any atom is 0.222 e. The number of aromatic nitrogens is 1. The summed E-state index contributed by atoms with van der Waals surface area (Å²) in [5, 5.41) is 10.2. The number of pyridine rings is 1. The average Bonchev–Trinajstić information content (AvgIpc) is 2.54. The molecular weight excluding hydrogens is 311 g/mol. The number of rotatable bonds is 7. The van der Waals surface area contributed by atoms with Crippen LogP contribution in [0.1, 0.15) is 12.0 Å². The maximum atomic E-state index is 13.1. The van der Waals surface area contributed by atoms with Crippen molar-refractivity contribution in [3.63, 3.8) is 0 Å². The van der Waals surface area contributed by atoms with Gasteiger partial charge in [0.2, 0.25) is 5.91 Å². The predicted octanol–water partition coefficient (Wildman–Crippen LogP) is 0.220. The van der Waals surface area contributed by atoms with Crippen LogP contribution in [0.4, 0.5) is 4.39 Å². The van der Waals surface area contributed by atoms with Gasteiger partial charge in [0.1, 0.15) is 5.82 Å². The zero-order chi connectivity index (χ0) is 17.5. The van der Waals surface area contributed by atoms with Crippen molar-refractivity contribution < 1.29 is 14.3 Å². The molecule has 24 heavy (non-hydrogen) atoms. The summed E-state index contributed by atoms with van der Waals surface area (Å²) in [5.41, 5.74) is 0.703. The molecule has 7 heteroatoms. The number of carbonyl (C=O) groups excluding carboxylic acids is 1. The van der Waals surface area contributed by atoms with Gasteiger partial charge in [-0.2, -0.15) is 0 Å². The molecule has 1 unspecified atom stereocenters. The molecule has 0 bridgehead atoms. The van der Waals surface area contributed by atoms with E-state index in [9.17, 15) is 14.3 Å². The summed E-state index contributed by atoms with van der Waals surface area (Å²) in [7, 11) is 3.79. The van der Waals surface area contributed by atoms with E-state index in [2.05, 4.69) is 21.8 Å². The Morgan fingerprint density at radius 1 is 1.38 bits per heavy atom. The third-order valence-electron chi connectivity index (χ3n) is 4.36. The van der Waals surface area contributed by atoms with E-state index < -0.39 is 11.9 Å². The number of likely N-dealkylation sites (N-methyl/N-ethyl adjacent to an activating group) is 2. The average molecular weight is 338 g/mol. The van der Waals surface area contributed by atoms with Crippen molar-refractivity contribution in [1.29, 1.82) is 0 Å². The molecule has 1 amide bonds. The zero-order valence-corrected chi connectivity index (χ0v) is 14.5. The summed E-state index contributed by atoms with van der Waals surface area (Å²) in [5.74, 6) is -0.451. The highest BCUT2D eigenvalue weighted by atomic mass is 19.1. The Balaban J connectivity index is 1.70. The molecular formula is C17H27FN4O2. The molecule has 1 aromatic rings. The standard InChI is InChI=1S/C17H27FN4O2/c1-20-5-7-22(8-6-20)13-16(23)12-21(2)17(24)4-3-14-9-15(18)11-19-10-14/h9-11,16,23H,3-8,12-13H2,1-2H3. The number of aliphatic hydroxyl groups is 1. The zero-order valence-electron chi connectivity index (χ0n) is 14.5. The first kappa shape index (κ1) is 18.8. The summed E-state index contributed by atoms with van der Waals surface area (Å²) in [6.07, 6.45) is 2.88. The second kappa shape index (κ2) is 9.05. The number of piperazine rings is 1. The number of carbonyl (C=O) groups is 1. The molecule has 1 fully saturated rings. The van der Waals surface area contributed by atoms with Crippen molar-refractivity contribution in [3.05, 3.63) is 29.8 Å². The number of β-amino-alcohol motifs (C(OH)–C–C–N with tert-alkyl or cyclic N) is 1. The topological polar surface area (TPSA) is 59.9 Å². The molecule has 1 N–H and O–H groups in total. The Morgan fingerprint density at radius 2 is 2.08 bits per heavy atom. The van der Waals surface area contributed by atoms with E-state index in [0.717, 1.165) is 32.4 Å². The fraction of sp³-hybridized carbons (Fsp3) is 0.647. The van der Waals surface area contributed by atoms with E-state index in [1.165, 1.54) is 6.07 Å². The van der Waals surface area contributed by atoms with E-state index >= 15 is 0 Å². The smallest absolute Gasteiger partial charge is 0.222 e. The van der Waals surface area contributed by atoms with Crippen LogP contribution in [0.25, 0.3) is 0 Å². The third-order valence-corrected chi connectivity index (χ3v) is 4.36. The highest BCUT2D eigenvalue weighted by Gasteiger charge is 2.19. The number of halogens is 1. The van der Waals surface area contributed by atoms with Crippen LogP contribution in [0.5, 0.6) is 0 Å². The van der Waals surface area contributed by atoms with Gasteiger partial charge in [-0.1, -0.05) is 0 Å². The molecule has 0 aliphatic carbocycles. The van der Waals surface area contributed by atoms with Crippen molar-refractivity contribution in [2.75, 3.05) is 53.4 Å². The van der Waals surface area contributed by atoms with Gasteiger partial charge in [-0.15, -0.1) is 0 Å². The van der Waals surface area contributed by atoms with Gasteiger partial charge in [0, 0.05) is 58.9 Å². The molecule has 0 saturated carbocycles. The molecule has 2 heterocycles. The van der Waals surface area contributed by atoms with Gasteiger partial charge in [0.15, 0.2) is 0 Å². The molecule has 2 rings (SSSR count).